The molecule has 4 heteroatoms. The Morgan fingerprint density at radius 2 is 2.06 bits per heavy atom. The highest BCUT2D eigenvalue weighted by molar-refractivity contribution is 6.18. The van der Waals surface area contributed by atoms with Crippen LogP contribution in [0.5, 0.6) is 0 Å². The van der Waals surface area contributed by atoms with Gasteiger partial charge in [0.15, 0.2) is 0 Å². The molecule has 0 bridgehead atoms. The molecule has 0 spiro atoms. The predicted molar refractivity (Wildman–Crippen MR) is 72.3 cm³/mol. The Kier molecular flexibility index (Phi) is 6.73. The smallest absolute Gasteiger partial charge is 0.227 e. The summed E-state index contributed by atoms with van der Waals surface area (Å²) in [6.45, 7) is 3.28. The maximum absolute atomic E-state index is 13.5. The molecule has 18 heavy (non-hydrogen) atoms. The second-order valence-corrected chi connectivity index (χ2v) is 4.57. The summed E-state index contributed by atoms with van der Waals surface area (Å²) in [6, 6.07) is 6.38. The fourth-order valence-corrected chi connectivity index (χ4v) is 1.93. The summed E-state index contributed by atoms with van der Waals surface area (Å²) in [5.41, 5.74) is 0.443. The summed E-state index contributed by atoms with van der Waals surface area (Å²) in [5.74, 6) is 0.0218. The average Bonchev–Trinajstić information content (AvgIpc) is 2.37. The Morgan fingerprint density at radius 3 is 2.67 bits per heavy atom. The van der Waals surface area contributed by atoms with E-state index in [4.69, 9.17) is 11.6 Å². The first kappa shape index (κ1) is 15.0. The van der Waals surface area contributed by atoms with Gasteiger partial charge in [0.1, 0.15) is 5.82 Å². The number of halogens is 2. The summed E-state index contributed by atoms with van der Waals surface area (Å²) >= 11 is 5.69. The number of rotatable bonds is 7. The Labute approximate surface area is 113 Å². The Balaban J connectivity index is 2.63. The number of benzene rings is 1. The zero-order valence-corrected chi connectivity index (χ0v) is 11.4. The van der Waals surface area contributed by atoms with Crippen molar-refractivity contribution in [3.63, 3.8) is 0 Å². The highest BCUT2D eigenvalue weighted by atomic mass is 35.5. The number of carbonyl (C=O) groups is 1. The lowest BCUT2D eigenvalue weighted by Crippen LogP contribution is -2.35. The van der Waals surface area contributed by atoms with E-state index in [9.17, 15) is 9.18 Å². The van der Waals surface area contributed by atoms with Gasteiger partial charge in [0, 0.05) is 19.0 Å². The first-order valence-corrected chi connectivity index (χ1v) is 6.79. The molecule has 0 aliphatic rings. The SMILES string of the molecule is CCCCN(CCCl)C(=O)Cc1ccccc1F. The summed E-state index contributed by atoms with van der Waals surface area (Å²) in [5, 5.41) is 0. The van der Waals surface area contributed by atoms with Gasteiger partial charge in [-0.15, -0.1) is 11.6 Å². The summed E-state index contributed by atoms with van der Waals surface area (Å²) in [4.78, 5) is 13.8. The van der Waals surface area contributed by atoms with Crippen molar-refractivity contribution >= 4 is 17.5 Å². The topological polar surface area (TPSA) is 20.3 Å². The van der Waals surface area contributed by atoms with Crippen LogP contribution >= 0.6 is 11.6 Å². The maximum atomic E-state index is 13.5. The van der Waals surface area contributed by atoms with Crippen LogP contribution in [0.3, 0.4) is 0 Å². The molecule has 100 valence electrons. The number of amides is 1. The quantitative estimate of drug-likeness (QED) is 0.697. The monoisotopic (exact) mass is 271 g/mol. The third-order valence-corrected chi connectivity index (χ3v) is 2.96. The van der Waals surface area contributed by atoms with E-state index in [1.807, 2.05) is 0 Å². The fraction of sp³-hybridized carbons (Fsp3) is 0.500. The van der Waals surface area contributed by atoms with E-state index < -0.39 is 0 Å². The van der Waals surface area contributed by atoms with Crippen molar-refractivity contribution < 1.29 is 9.18 Å². The lowest BCUT2D eigenvalue weighted by molar-refractivity contribution is -0.130. The van der Waals surface area contributed by atoms with Gasteiger partial charge in [-0.3, -0.25) is 4.79 Å². The first-order valence-electron chi connectivity index (χ1n) is 6.26. The van der Waals surface area contributed by atoms with Crippen LogP contribution in [-0.4, -0.2) is 29.8 Å². The first-order chi connectivity index (χ1) is 8.69. The van der Waals surface area contributed by atoms with Crippen LogP contribution in [-0.2, 0) is 11.2 Å². The molecule has 0 radical (unpaired) electrons. The van der Waals surface area contributed by atoms with E-state index in [2.05, 4.69) is 6.92 Å². The molecule has 0 fully saturated rings. The molecule has 1 rings (SSSR count). The fourth-order valence-electron chi connectivity index (χ4n) is 1.73. The molecule has 0 aliphatic carbocycles. The number of carbonyl (C=O) groups excluding carboxylic acids is 1. The number of nitrogens with zero attached hydrogens (tertiary/aromatic N) is 1. The van der Waals surface area contributed by atoms with Gasteiger partial charge >= 0.3 is 0 Å². The van der Waals surface area contributed by atoms with Crippen LogP contribution in [0.25, 0.3) is 0 Å². The third-order valence-electron chi connectivity index (χ3n) is 2.79. The molecule has 0 saturated carbocycles. The molecule has 1 aromatic carbocycles. The second-order valence-electron chi connectivity index (χ2n) is 4.19. The summed E-state index contributed by atoms with van der Waals surface area (Å²) in [6.07, 6.45) is 2.07. The van der Waals surface area contributed by atoms with Crippen LogP contribution in [0.2, 0.25) is 0 Å². The van der Waals surface area contributed by atoms with Gasteiger partial charge < -0.3 is 4.90 Å². The van der Waals surface area contributed by atoms with Crippen LogP contribution < -0.4 is 0 Å². The van der Waals surface area contributed by atoms with Crippen molar-refractivity contribution in [3.8, 4) is 0 Å². The van der Waals surface area contributed by atoms with Crippen molar-refractivity contribution in [2.24, 2.45) is 0 Å². The largest absolute Gasteiger partial charge is 0.341 e. The zero-order chi connectivity index (χ0) is 13.4. The number of hydrogen-bond donors (Lipinski definition) is 0. The maximum Gasteiger partial charge on any atom is 0.227 e. The number of unbranched alkanes of at least 4 members (excludes halogenated alkanes) is 1. The van der Waals surface area contributed by atoms with Crippen molar-refractivity contribution in [2.45, 2.75) is 26.2 Å². The molecular formula is C14H19ClFNO. The molecule has 0 saturated heterocycles. The third kappa shape index (κ3) is 4.65. The van der Waals surface area contributed by atoms with Gasteiger partial charge in [-0.25, -0.2) is 4.39 Å². The van der Waals surface area contributed by atoms with Gasteiger partial charge in [0.25, 0.3) is 0 Å². The molecule has 0 heterocycles. The normalized spacial score (nSPS) is 10.4. The Hall–Kier alpha value is -1.09. The lowest BCUT2D eigenvalue weighted by atomic mass is 10.1. The summed E-state index contributed by atoms with van der Waals surface area (Å²) < 4.78 is 13.5. The van der Waals surface area contributed by atoms with Crippen molar-refractivity contribution in [2.75, 3.05) is 19.0 Å². The van der Waals surface area contributed by atoms with Crippen molar-refractivity contribution in [1.29, 1.82) is 0 Å². The lowest BCUT2D eigenvalue weighted by Gasteiger charge is -2.21. The molecule has 1 aromatic rings. The highest BCUT2D eigenvalue weighted by Gasteiger charge is 2.14. The van der Waals surface area contributed by atoms with Gasteiger partial charge in [0.2, 0.25) is 5.91 Å². The molecular weight excluding hydrogens is 253 g/mol. The number of alkyl halides is 1. The Bertz CT molecular complexity index is 384. The predicted octanol–water partition coefficient (Wildman–Crippen LogP) is 3.24. The van der Waals surface area contributed by atoms with Crippen LogP contribution in [0.1, 0.15) is 25.3 Å². The van der Waals surface area contributed by atoms with E-state index in [-0.39, 0.29) is 18.1 Å². The van der Waals surface area contributed by atoms with E-state index in [1.54, 1.807) is 23.1 Å². The minimum atomic E-state index is -0.327. The minimum Gasteiger partial charge on any atom is -0.341 e. The molecule has 0 N–H and O–H groups in total. The molecule has 0 atom stereocenters. The minimum absolute atomic E-state index is 0.0609. The molecule has 2 nitrogen and oxygen atoms in total. The van der Waals surface area contributed by atoms with Crippen LogP contribution in [0.15, 0.2) is 24.3 Å². The van der Waals surface area contributed by atoms with E-state index in [1.165, 1.54) is 6.07 Å². The van der Waals surface area contributed by atoms with Gasteiger partial charge in [-0.05, 0) is 18.1 Å². The van der Waals surface area contributed by atoms with E-state index >= 15 is 0 Å². The van der Waals surface area contributed by atoms with Crippen molar-refractivity contribution in [1.82, 2.24) is 4.90 Å². The van der Waals surface area contributed by atoms with Crippen LogP contribution in [0.4, 0.5) is 4.39 Å². The average molecular weight is 272 g/mol. The van der Waals surface area contributed by atoms with Gasteiger partial charge in [0.05, 0.1) is 6.42 Å². The standard InChI is InChI=1S/C14H19ClFNO/c1-2-3-9-17(10-8-15)14(18)11-12-6-4-5-7-13(12)16/h4-7H,2-3,8-11H2,1H3. The second kappa shape index (κ2) is 8.09. The zero-order valence-electron chi connectivity index (χ0n) is 10.7. The molecule has 0 aliphatic heterocycles. The van der Waals surface area contributed by atoms with Crippen molar-refractivity contribution in [3.05, 3.63) is 35.6 Å². The van der Waals surface area contributed by atoms with E-state index in [0.717, 1.165) is 12.8 Å². The van der Waals surface area contributed by atoms with E-state index in [0.29, 0.717) is 24.5 Å². The molecule has 0 aromatic heterocycles. The highest BCUT2D eigenvalue weighted by Crippen LogP contribution is 2.09. The van der Waals surface area contributed by atoms with Crippen LogP contribution in [0, 0.1) is 5.82 Å². The summed E-state index contributed by atoms with van der Waals surface area (Å²) in [7, 11) is 0. The molecule has 1 amide bonds. The van der Waals surface area contributed by atoms with Gasteiger partial charge in [-0.2, -0.15) is 0 Å². The Morgan fingerprint density at radius 1 is 1.33 bits per heavy atom. The number of hydrogen-bond acceptors (Lipinski definition) is 1. The van der Waals surface area contributed by atoms with Gasteiger partial charge in [-0.1, -0.05) is 31.5 Å². The molecule has 0 unspecified atom stereocenters.